The van der Waals surface area contributed by atoms with Crippen molar-refractivity contribution >= 4 is 40.6 Å². The summed E-state index contributed by atoms with van der Waals surface area (Å²) in [6.07, 6.45) is 3.42. The summed E-state index contributed by atoms with van der Waals surface area (Å²) in [4.78, 5) is 39.5. The zero-order valence-corrected chi connectivity index (χ0v) is 22.7. The Kier molecular flexibility index (Phi) is 7.63. The van der Waals surface area contributed by atoms with E-state index in [-0.39, 0.29) is 40.5 Å². The molecular weight excluding hydrogens is 561 g/mol. The molecule has 212 valence electrons. The second kappa shape index (κ2) is 11.2. The van der Waals surface area contributed by atoms with Crippen LogP contribution in [0.5, 0.6) is 0 Å². The fourth-order valence-electron chi connectivity index (χ4n) is 4.55. The predicted octanol–water partition coefficient (Wildman–Crippen LogP) is 5.03. The Balaban J connectivity index is 1.32. The molecule has 4 aromatic rings. The maximum atomic E-state index is 14.8. The van der Waals surface area contributed by atoms with Crippen LogP contribution in [0.4, 0.5) is 30.4 Å². The third-order valence-electron chi connectivity index (χ3n) is 6.71. The molecule has 2 amide bonds. The first kappa shape index (κ1) is 28.0. The molecule has 3 aromatic heterocycles. The number of aryl methyl sites for hydroxylation is 1. The number of amides is 2. The fourth-order valence-corrected chi connectivity index (χ4v) is 4.71. The SMILES string of the molecule is Cc1ncc(-c2c(C(F)F)ccc(Cl)c2F)nc1C(=O)Nc1cnn(Cc2cnc(N3CC[C@@H](C)C3=O)c(N)c2)c1. The molecule has 1 fully saturated rings. The van der Waals surface area contributed by atoms with Crippen molar-refractivity contribution in [1.82, 2.24) is 24.7 Å². The van der Waals surface area contributed by atoms with E-state index in [1.54, 1.807) is 28.0 Å². The van der Waals surface area contributed by atoms with E-state index < -0.39 is 29.3 Å². The summed E-state index contributed by atoms with van der Waals surface area (Å²) >= 11 is 5.82. The number of anilines is 3. The van der Waals surface area contributed by atoms with Crippen LogP contribution >= 0.6 is 11.6 Å². The molecule has 0 bridgehead atoms. The van der Waals surface area contributed by atoms with Gasteiger partial charge in [0.25, 0.3) is 12.3 Å². The number of carbonyl (C=O) groups is 2. The van der Waals surface area contributed by atoms with Gasteiger partial charge >= 0.3 is 0 Å². The van der Waals surface area contributed by atoms with E-state index in [0.717, 1.165) is 30.3 Å². The van der Waals surface area contributed by atoms with Gasteiger partial charge in [-0.2, -0.15) is 5.10 Å². The van der Waals surface area contributed by atoms with E-state index >= 15 is 0 Å². The number of rotatable bonds is 7. The van der Waals surface area contributed by atoms with Gasteiger partial charge in [0.2, 0.25) is 5.91 Å². The van der Waals surface area contributed by atoms with Crippen molar-refractivity contribution < 1.29 is 22.8 Å². The Morgan fingerprint density at radius 3 is 2.71 bits per heavy atom. The molecule has 1 aliphatic rings. The first-order chi connectivity index (χ1) is 19.5. The van der Waals surface area contributed by atoms with Crippen LogP contribution in [-0.4, -0.2) is 43.1 Å². The molecule has 4 heterocycles. The Morgan fingerprint density at radius 2 is 2.02 bits per heavy atom. The largest absolute Gasteiger partial charge is 0.396 e. The highest BCUT2D eigenvalue weighted by molar-refractivity contribution is 6.31. The number of alkyl halides is 2. The number of carbonyl (C=O) groups excluding carboxylic acids is 2. The molecule has 0 radical (unpaired) electrons. The number of nitrogens with zero attached hydrogens (tertiary/aromatic N) is 6. The van der Waals surface area contributed by atoms with Gasteiger partial charge in [0.05, 0.1) is 46.7 Å². The molecular formula is C27H24ClF3N8O2. The monoisotopic (exact) mass is 584 g/mol. The van der Waals surface area contributed by atoms with E-state index in [4.69, 9.17) is 17.3 Å². The summed E-state index contributed by atoms with van der Waals surface area (Å²) in [5.41, 5.74) is 6.20. The van der Waals surface area contributed by atoms with Crippen molar-refractivity contribution in [1.29, 1.82) is 0 Å². The molecule has 0 unspecified atom stereocenters. The van der Waals surface area contributed by atoms with Crippen molar-refractivity contribution in [2.24, 2.45) is 5.92 Å². The highest BCUT2D eigenvalue weighted by Gasteiger charge is 2.31. The van der Waals surface area contributed by atoms with Gasteiger partial charge < -0.3 is 11.1 Å². The number of hydrogen-bond donors (Lipinski definition) is 2. The Labute approximate surface area is 237 Å². The van der Waals surface area contributed by atoms with Crippen molar-refractivity contribution in [2.75, 3.05) is 22.5 Å². The quantitative estimate of drug-likeness (QED) is 0.311. The highest BCUT2D eigenvalue weighted by Crippen LogP contribution is 2.35. The molecule has 0 spiro atoms. The van der Waals surface area contributed by atoms with Gasteiger partial charge in [0.1, 0.15) is 5.69 Å². The Morgan fingerprint density at radius 1 is 1.24 bits per heavy atom. The minimum atomic E-state index is -3.00. The van der Waals surface area contributed by atoms with Gasteiger partial charge in [0, 0.05) is 36.0 Å². The van der Waals surface area contributed by atoms with Gasteiger partial charge in [0.15, 0.2) is 11.6 Å². The highest BCUT2D eigenvalue weighted by atomic mass is 35.5. The third kappa shape index (κ3) is 5.57. The van der Waals surface area contributed by atoms with E-state index in [1.807, 2.05) is 6.92 Å². The van der Waals surface area contributed by atoms with Crippen molar-refractivity contribution in [3.63, 3.8) is 0 Å². The second-order valence-electron chi connectivity index (χ2n) is 9.63. The number of nitrogen functional groups attached to an aromatic ring is 1. The maximum absolute atomic E-state index is 14.8. The van der Waals surface area contributed by atoms with Crippen LogP contribution in [0.25, 0.3) is 11.3 Å². The maximum Gasteiger partial charge on any atom is 0.276 e. The lowest BCUT2D eigenvalue weighted by molar-refractivity contribution is -0.119. The van der Waals surface area contributed by atoms with Gasteiger partial charge in [-0.3, -0.25) is 24.2 Å². The lowest BCUT2D eigenvalue weighted by atomic mass is 10.0. The van der Waals surface area contributed by atoms with Gasteiger partial charge in [-0.1, -0.05) is 24.6 Å². The Bertz CT molecular complexity index is 1660. The molecule has 41 heavy (non-hydrogen) atoms. The molecule has 3 N–H and O–H groups in total. The number of pyridine rings is 1. The summed E-state index contributed by atoms with van der Waals surface area (Å²) in [6, 6.07) is 3.75. The smallest absolute Gasteiger partial charge is 0.276 e. The summed E-state index contributed by atoms with van der Waals surface area (Å²) in [6.45, 7) is 4.21. The fraction of sp³-hybridized carbons (Fsp3) is 0.259. The molecule has 0 aliphatic carbocycles. The lowest BCUT2D eigenvalue weighted by Crippen LogP contribution is -2.28. The summed E-state index contributed by atoms with van der Waals surface area (Å²) in [5.74, 6) is -1.44. The van der Waals surface area contributed by atoms with Crippen LogP contribution in [0.3, 0.4) is 0 Å². The summed E-state index contributed by atoms with van der Waals surface area (Å²) in [5, 5.41) is 6.51. The van der Waals surface area contributed by atoms with Crippen LogP contribution in [0.2, 0.25) is 5.02 Å². The average molecular weight is 585 g/mol. The van der Waals surface area contributed by atoms with Crippen molar-refractivity contribution in [3.05, 3.63) is 76.3 Å². The van der Waals surface area contributed by atoms with Crippen LogP contribution < -0.4 is 16.0 Å². The minimum Gasteiger partial charge on any atom is -0.396 e. The van der Waals surface area contributed by atoms with Crippen LogP contribution in [0.1, 0.15) is 47.1 Å². The number of aromatic nitrogens is 5. The van der Waals surface area contributed by atoms with Crippen molar-refractivity contribution in [3.8, 4) is 11.3 Å². The number of benzene rings is 1. The van der Waals surface area contributed by atoms with Crippen LogP contribution in [0.15, 0.2) is 43.0 Å². The summed E-state index contributed by atoms with van der Waals surface area (Å²) < 4.78 is 43.5. The molecule has 0 saturated carbocycles. The van der Waals surface area contributed by atoms with Crippen molar-refractivity contribution in [2.45, 2.75) is 33.2 Å². The van der Waals surface area contributed by atoms with E-state index in [9.17, 15) is 22.8 Å². The molecule has 14 heteroatoms. The standard InChI is InChI=1S/C27H24ClF3N8O2/c1-13-5-6-39(27(13)41)25-19(32)7-15(8-34-25)11-38-12-16(9-35-38)36-26(40)23-14(2)33-10-20(37-23)21-17(24(30)31)3-4-18(28)22(21)29/h3-4,7-10,12-13,24H,5-6,11,32H2,1-2H3,(H,36,40)/t13-/m1/s1. The number of hydrogen-bond acceptors (Lipinski definition) is 7. The number of halogens is 4. The molecule has 1 aromatic carbocycles. The van der Waals surface area contributed by atoms with Gasteiger partial charge in [-0.25, -0.2) is 23.1 Å². The second-order valence-corrected chi connectivity index (χ2v) is 10.0. The van der Waals surface area contributed by atoms with Gasteiger partial charge in [-0.05, 0) is 31.0 Å². The zero-order chi connectivity index (χ0) is 29.4. The topological polar surface area (TPSA) is 132 Å². The minimum absolute atomic E-state index is 0.0120. The van der Waals surface area contributed by atoms with E-state index in [1.165, 1.54) is 13.1 Å². The summed E-state index contributed by atoms with van der Waals surface area (Å²) in [7, 11) is 0. The zero-order valence-electron chi connectivity index (χ0n) is 21.9. The van der Waals surface area contributed by atoms with Crippen LogP contribution in [0, 0.1) is 18.7 Å². The number of nitrogens with one attached hydrogen (secondary N) is 1. The molecule has 1 saturated heterocycles. The first-order valence-electron chi connectivity index (χ1n) is 12.5. The molecule has 10 nitrogen and oxygen atoms in total. The molecule has 5 rings (SSSR count). The third-order valence-corrected chi connectivity index (χ3v) is 7.00. The molecule has 1 atom stereocenters. The first-order valence-corrected chi connectivity index (χ1v) is 12.9. The van der Waals surface area contributed by atoms with E-state index in [0.29, 0.717) is 23.7 Å². The predicted molar refractivity (Wildman–Crippen MR) is 146 cm³/mol. The lowest BCUT2D eigenvalue weighted by Gasteiger charge is -2.17. The number of nitrogens with two attached hydrogens (primary N) is 1. The van der Waals surface area contributed by atoms with Gasteiger partial charge in [-0.15, -0.1) is 0 Å². The normalized spacial score (nSPS) is 15.1. The Hall–Kier alpha value is -4.52. The van der Waals surface area contributed by atoms with Crippen LogP contribution in [-0.2, 0) is 11.3 Å². The average Bonchev–Trinajstić information content (AvgIpc) is 3.51. The molecule has 1 aliphatic heterocycles. The van der Waals surface area contributed by atoms with E-state index in [2.05, 4.69) is 25.4 Å².